The molecule has 122 valence electrons. The predicted molar refractivity (Wildman–Crippen MR) is 81.7 cm³/mol. The van der Waals surface area contributed by atoms with Gasteiger partial charge < -0.3 is 14.4 Å². The first-order chi connectivity index (χ1) is 10.6. The number of amides is 1. The first kappa shape index (κ1) is 15.5. The van der Waals surface area contributed by atoms with E-state index in [-0.39, 0.29) is 11.5 Å². The normalized spacial score (nSPS) is 24.6. The van der Waals surface area contributed by atoms with Crippen LogP contribution in [0.1, 0.15) is 43.1 Å². The van der Waals surface area contributed by atoms with Crippen molar-refractivity contribution in [3.63, 3.8) is 0 Å². The van der Waals surface area contributed by atoms with Crippen molar-refractivity contribution in [1.82, 2.24) is 14.7 Å². The minimum absolute atomic E-state index is 0.0621. The standard InChI is InChI=1S/C16H25N3O3/c1-3-21-13-5-11-22-16(12-13)6-9-19(10-7-16)15(20)14-4-8-17-18(14)2/h4,8,13H,3,5-7,9-12H2,1-2H3. The summed E-state index contributed by atoms with van der Waals surface area (Å²) < 4.78 is 13.5. The Kier molecular flexibility index (Phi) is 4.49. The van der Waals surface area contributed by atoms with Gasteiger partial charge in [0, 0.05) is 46.0 Å². The van der Waals surface area contributed by atoms with Crippen LogP contribution in [0.4, 0.5) is 0 Å². The topological polar surface area (TPSA) is 56.6 Å². The van der Waals surface area contributed by atoms with Crippen LogP contribution in [0.3, 0.4) is 0 Å². The van der Waals surface area contributed by atoms with Gasteiger partial charge in [-0.05, 0) is 32.3 Å². The van der Waals surface area contributed by atoms with Crippen molar-refractivity contribution in [3.05, 3.63) is 18.0 Å². The highest BCUT2D eigenvalue weighted by Gasteiger charge is 2.41. The molecule has 2 aliphatic rings. The molecular weight excluding hydrogens is 282 g/mol. The molecule has 0 bridgehead atoms. The molecule has 0 N–H and O–H groups in total. The molecule has 1 aromatic rings. The minimum atomic E-state index is -0.0959. The van der Waals surface area contributed by atoms with E-state index in [0.29, 0.717) is 11.8 Å². The summed E-state index contributed by atoms with van der Waals surface area (Å²) >= 11 is 0. The molecule has 2 fully saturated rings. The maximum Gasteiger partial charge on any atom is 0.272 e. The van der Waals surface area contributed by atoms with Crippen molar-refractivity contribution >= 4 is 5.91 Å². The zero-order chi connectivity index (χ0) is 15.6. The fourth-order valence-electron chi connectivity index (χ4n) is 3.57. The van der Waals surface area contributed by atoms with Crippen molar-refractivity contribution in [2.45, 2.75) is 44.3 Å². The number of hydrogen-bond acceptors (Lipinski definition) is 4. The summed E-state index contributed by atoms with van der Waals surface area (Å²) in [6.45, 7) is 5.04. The molecule has 0 aliphatic carbocycles. The fourth-order valence-corrected chi connectivity index (χ4v) is 3.57. The maximum atomic E-state index is 12.5. The second kappa shape index (κ2) is 6.38. The van der Waals surface area contributed by atoms with E-state index in [1.54, 1.807) is 24.0 Å². The Morgan fingerprint density at radius 2 is 2.27 bits per heavy atom. The smallest absolute Gasteiger partial charge is 0.272 e. The molecule has 1 aromatic heterocycles. The lowest BCUT2D eigenvalue weighted by Crippen LogP contribution is -2.52. The van der Waals surface area contributed by atoms with Gasteiger partial charge in [-0.3, -0.25) is 9.48 Å². The molecule has 0 radical (unpaired) electrons. The van der Waals surface area contributed by atoms with Crippen LogP contribution < -0.4 is 0 Å². The number of ether oxygens (including phenoxy) is 2. The summed E-state index contributed by atoms with van der Waals surface area (Å²) in [5, 5.41) is 4.07. The zero-order valence-corrected chi connectivity index (χ0v) is 13.5. The fraction of sp³-hybridized carbons (Fsp3) is 0.750. The summed E-state index contributed by atoms with van der Waals surface area (Å²) in [6, 6.07) is 1.77. The third-order valence-electron chi connectivity index (χ3n) is 4.85. The molecule has 22 heavy (non-hydrogen) atoms. The van der Waals surface area contributed by atoms with E-state index in [4.69, 9.17) is 9.47 Å². The third-order valence-corrected chi connectivity index (χ3v) is 4.85. The van der Waals surface area contributed by atoms with Crippen molar-refractivity contribution in [1.29, 1.82) is 0 Å². The van der Waals surface area contributed by atoms with Crippen LogP contribution in [0.25, 0.3) is 0 Å². The van der Waals surface area contributed by atoms with E-state index in [2.05, 4.69) is 5.10 Å². The molecule has 0 saturated carbocycles. The Labute approximate surface area is 131 Å². The van der Waals surface area contributed by atoms with Gasteiger partial charge in [-0.2, -0.15) is 5.10 Å². The molecule has 2 aliphatic heterocycles. The monoisotopic (exact) mass is 307 g/mol. The number of aromatic nitrogens is 2. The van der Waals surface area contributed by atoms with Crippen LogP contribution in [0.15, 0.2) is 12.3 Å². The largest absolute Gasteiger partial charge is 0.378 e. The Morgan fingerprint density at radius 3 is 2.91 bits per heavy atom. The van der Waals surface area contributed by atoms with Gasteiger partial charge in [0.2, 0.25) is 0 Å². The summed E-state index contributed by atoms with van der Waals surface area (Å²) in [4.78, 5) is 14.4. The number of aryl methyl sites for hydroxylation is 1. The third kappa shape index (κ3) is 3.03. The molecule has 0 aromatic carbocycles. The van der Waals surface area contributed by atoms with Gasteiger partial charge in [-0.25, -0.2) is 0 Å². The van der Waals surface area contributed by atoms with Gasteiger partial charge in [0.05, 0.1) is 11.7 Å². The van der Waals surface area contributed by atoms with Crippen LogP contribution in [0, 0.1) is 0 Å². The van der Waals surface area contributed by atoms with Crippen LogP contribution in [0.2, 0.25) is 0 Å². The molecule has 2 saturated heterocycles. The number of hydrogen-bond donors (Lipinski definition) is 0. The van der Waals surface area contributed by atoms with Crippen molar-refractivity contribution in [2.75, 3.05) is 26.3 Å². The molecular formula is C16H25N3O3. The summed E-state index contributed by atoms with van der Waals surface area (Å²) in [5.41, 5.74) is 0.550. The molecule has 1 amide bonds. The van der Waals surface area contributed by atoms with E-state index in [0.717, 1.165) is 52.0 Å². The second-order valence-corrected chi connectivity index (χ2v) is 6.23. The Morgan fingerprint density at radius 1 is 1.50 bits per heavy atom. The quantitative estimate of drug-likeness (QED) is 0.851. The van der Waals surface area contributed by atoms with Crippen molar-refractivity contribution in [3.8, 4) is 0 Å². The number of likely N-dealkylation sites (tertiary alicyclic amines) is 1. The predicted octanol–water partition coefficient (Wildman–Crippen LogP) is 1.61. The molecule has 3 rings (SSSR count). The number of rotatable bonds is 3. The number of piperidine rings is 1. The lowest BCUT2D eigenvalue weighted by atomic mass is 9.83. The molecule has 1 spiro atoms. The van der Waals surface area contributed by atoms with Gasteiger partial charge in [0.1, 0.15) is 5.69 Å². The van der Waals surface area contributed by atoms with Crippen LogP contribution >= 0.6 is 0 Å². The summed E-state index contributed by atoms with van der Waals surface area (Å²) in [6.07, 6.45) is 5.68. The van der Waals surface area contributed by atoms with E-state index >= 15 is 0 Å². The summed E-state index contributed by atoms with van der Waals surface area (Å²) in [7, 11) is 1.80. The first-order valence-electron chi connectivity index (χ1n) is 8.16. The lowest BCUT2D eigenvalue weighted by Gasteiger charge is -2.46. The maximum absolute atomic E-state index is 12.5. The molecule has 6 nitrogen and oxygen atoms in total. The highest BCUT2D eigenvalue weighted by atomic mass is 16.5. The van der Waals surface area contributed by atoms with E-state index in [9.17, 15) is 4.79 Å². The Hall–Kier alpha value is -1.40. The Balaban J connectivity index is 1.60. The molecule has 3 heterocycles. The number of carbonyl (C=O) groups excluding carboxylic acids is 1. The molecule has 1 unspecified atom stereocenters. The lowest BCUT2D eigenvalue weighted by molar-refractivity contribution is -0.151. The van der Waals surface area contributed by atoms with Crippen molar-refractivity contribution in [2.24, 2.45) is 7.05 Å². The van der Waals surface area contributed by atoms with Crippen molar-refractivity contribution < 1.29 is 14.3 Å². The zero-order valence-electron chi connectivity index (χ0n) is 13.5. The average Bonchev–Trinajstić information content (AvgIpc) is 2.94. The highest BCUT2D eigenvalue weighted by molar-refractivity contribution is 5.92. The SMILES string of the molecule is CCOC1CCOC2(CCN(C(=O)c3ccnn3C)CC2)C1. The number of carbonyl (C=O) groups is 1. The Bertz CT molecular complexity index is 518. The van der Waals surface area contributed by atoms with Crippen LogP contribution in [0.5, 0.6) is 0 Å². The van der Waals surface area contributed by atoms with Gasteiger partial charge in [0.25, 0.3) is 5.91 Å². The van der Waals surface area contributed by atoms with Gasteiger partial charge in [-0.15, -0.1) is 0 Å². The second-order valence-electron chi connectivity index (χ2n) is 6.23. The molecule has 6 heteroatoms. The van der Waals surface area contributed by atoms with E-state index in [1.807, 2.05) is 11.8 Å². The molecule has 1 atom stereocenters. The average molecular weight is 307 g/mol. The minimum Gasteiger partial charge on any atom is -0.378 e. The van der Waals surface area contributed by atoms with Gasteiger partial charge in [0.15, 0.2) is 0 Å². The number of nitrogens with zero attached hydrogens (tertiary/aromatic N) is 3. The van der Waals surface area contributed by atoms with E-state index < -0.39 is 0 Å². The first-order valence-corrected chi connectivity index (χ1v) is 8.16. The van der Waals surface area contributed by atoms with E-state index in [1.165, 1.54) is 0 Å². The highest BCUT2D eigenvalue weighted by Crippen LogP contribution is 2.36. The summed E-state index contributed by atoms with van der Waals surface area (Å²) in [5.74, 6) is 0.0621. The van der Waals surface area contributed by atoms with Gasteiger partial charge >= 0.3 is 0 Å². The van der Waals surface area contributed by atoms with Gasteiger partial charge in [-0.1, -0.05) is 0 Å². The van der Waals surface area contributed by atoms with Crippen LogP contribution in [-0.2, 0) is 16.5 Å². The van der Waals surface area contributed by atoms with Crippen LogP contribution in [-0.4, -0.2) is 58.6 Å².